The van der Waals surface area contributed by atoms with Crippen LogP contribution in [0.3, 0.4) is 0 Å². The molecule has 0 aromatic carbocycles. The molecule has 1 saturated heterocycles. The molecule has 1 rings (SSSR count). The Morgan fingerprint density at radius 3 is 2.36 bits per heavy atom. The summed E-state index contributed by atoms with van der Waals surface area (Å²) in [6.07, 6.45) is 0.468. The van der Waals surface area contributed by atoms with Gasteiger partial charge in [-0.05, 0) is 17.4 Å². The van der Waals surface area contributed by atoms with Crippen molar-refractivity contribution in [2.75, 3.05) is 31.8 Å². The van der Waals surface area contributed by atoms with Crippen LogP contribution in [0.1, 0.15) is 41.0 Å². The van der Waals surface area contributed by atoms with Gasteiger partial charge < -0.3 is 15.5 Å². The Morgan fingerprint density at radius 2 is 1.86 bits per heavy atom. The molecular weight excluding hydrogens is 298 g/mol. The van der Waals surface area contributed by atoms with Gasteiger partial charge in [0.25, 0.3) is 0 Å². The van der Waals surface area contributed by atoms with Crippen molar-refractivity contribution < 1.29 is 9.59 Å². The van der Waals surface area contributed by atoms with E-state index >= 15 is 0 Å². The van der Waals surface area contributed by atoms with Gasteiger partial charge in [-0.3, -0.25) is 9.59 Å². The van der Waals surface area contributed by atoms with Crippen LogP contribution >= 0.6 is 11.8 Å². The largest absolute Gasteiger partial charge is 0.343 e. The van der Waals surface area contributed by atoms with Crippen LogP contribution in [0.25, 0.3) is 0 Å². The first-order chi connectivity index (χ1) is 9.97. The van der Waals surface area contributed by atoms with Crippen LogP contribution in [-0.4, -0.2) is 59.4 Å². The summed E-state index contributed by atoms with van der Waals surface area (Å²) in [5.41, 5.74) is 5.57. The third-order valence-corrected chi connectivity index (χ3v) is 4.78. The Bertz CT molecular complexity index is 418. The highest BCUT2D eigenvalue weighted by atomic mass is 32.2. The van der Waals surface area contributed by atoms with Crippen LogP contribution in [-0.2, 0) is 9.59 Å². The Labute approximate surface area is 139 Å². The van der Waals surface area contributed by atoms with Crippen molar-refractivity contribution in [1.29, 1.82) is 0 Å². The van der Waals surface area contributed by atoms with Gasteiger partial charge in [0.1, 0.15) is 6.04 Å². The Morgan fingerprint density at radius 1 is 1.27 bits per heavy atom. The number of thioether (sulfide) groups is 1. The minimum absolute atomic E-state index is 0.0220. The van der Waals surface area contributed by atoms with Gasteiger partial charge in [-0.1, -0.05) is 34.6 Å². The van der Waals surface area contributed by atoms with E-state index in [0.717, 1.165) is 0 Å². The molecule has 0 radical (unpaired) electrons. The van der Waals surface area contributed by atoms with Gasteiger partial charge in [0.2, 0.25) is 11.8 Å². The van der Waals surface area contributed by atoms with Gasteiger partial charge in [-0.15, -0.1) is 11.8 Å². The summed E-state index contributed by atoms with van der Waals surface area (Å²) in [4.78, 5) is 28.6. The molecule has 0 aromatic rings. The van der Waals surface area contributed by atoms with E-state index in [1.54, 1.807) is 28.6 Å². The molecule has 6 heteroatoms. The third kappa shape index (κ3) is 5.47. The summed E-state index contributed by atoms with van der Waals surface area (Å²) in [6.45, 7) is 11.3. The number of rotatable bonds is 5. The highest BCUT2D eigenvalue weighted by Gasteiger charge is 2.38. The SMILES string of the molecule is CN(CC(C)(C)CN)C(=O)C1CSCN1C(=O)CC(C)(C)C. The number of likely N-dealkylation sites (N-methyl/N-ethyl adjacent to an activating group) is 1. The lowest BCUT2D eigenvalue weighted by Gasteiger charge is -2.33. The summed E-state index contributed by atoms with van der Waals surface area (Å²) in [6, 6.07) is -0.335. The lowest BCUT2D eigenvalue weighted by atomic mass is 9.91. The van der Waals surface area contributed by atoms with E-state index < -0.39 is 0 Å². The summed E-state index contributed by atoms with van der Waals surface area (Å²) in [5.74, 6) is 1.39. The minimum Gasteiger partial charge on any atom is -0.343 e. The number of amides is 2. The molecule has 1 aliphatic rings. The van der Waals surface area contributed by atoms with Crippen LogP contribution in [0.4, 0.5) is 0 Å². The monoisotopic (exact) mass is 329 g/mol. The summed E-state index contributed by atoms with van der Waals surface area (Å²) < 4.78 is 0. The van der Waals surface area contributed by atoms with Gasteiger partial charge in [-0.2, -0.15) is 0 Å². The first kappa shape index (κ1) is 19.3. The maximum Gasteiger partial charge on any atom is 0.246 e. The highest BCUT2D eigenvalue weighted by Crippen LogP contribution is 2.27. The topological polar surface area (TPSA) is 66.6 Å². The molecular formula is C16H31N3O2S. The molecule has 22 heavy (non-hydrogen) atoms. The number of carbonyl (C=O) groups excluding carboxylic acids is 2. The number of nitrogens with zero attached hydrogens (tertiary/aromatic N) is 2. The van der Waals surface area contributed by atoms with Gasteiger partial charge >= 0.3 is 0 Å². The molecule has 1 aliphatic heterocycles. The number of nitrogens with two attached hydrogens (primary N) is 1. The molecule has 2 amide bonds. The molecule has 1 heterocycles. The van der Waals surface area contributed by atoms with Crippen molar-refractivity contribution in [3.05, 3.63) is 0 Å². The van der Waals surface area contributed by atoms with Gasteiger partial charge in [-0.25, -0.2) is 0 Å². The Hall–Kier alpha value is -0.750. The lowest BCUT2D eigenvalue weighted by Crippen LogP contribution is -2.50. The molecule has 1 fully saturated rings. The van der Waals surface area contributed by atoms with Crippen LogP contribution in [0.2, 0.25) is 0 Å². The second kappa shape index (κ2) is 7.21. The van der Waals surface area contributed by atoms with Crippen molar-refractivity contribution in [2.24, 2.45) is 16.6 Å². The van der Waals surface area contributed by atoms with E-state index in [1.807, 2.05) is 34.6 Å². The summed E-state index contributed by atoms with van der Waals surface area (Å²) in [5, 5.41) is 0. The average Bonchev–Trinajstić information content (AvgIpc) is 2.84. The Kier molecular flexibility index (Phi) is 6.33. The smallest absolute Gasteiger partial charge is 0.246 e. The van der Waals surface area contributed by atoms with Crippen molar-refractivity contribution >= 4 is 23.6 Å². The van der Waals surface area contributed by atoms with Crippen LogP contribution < -0.4 is 5.73 Å². The number of hydrogen-bond donors (Lipinski definition) is 1. The molecule has 0 bridgehead atoms. The van der Waals surface area contributed by atoms with Gasteiger partial charge in [0, 0.05) is 25.8 Å². The van der Waals surface area contributed by atoms with Gasteiger partial charge in [0.05, 0.1) is 5.88 Å². The molecule has 0 aliphatic carbocycles. The first-order valence-corrected chi connectivity index (χ1v) is 8.94. The molecule has 0 spiro atoms. The maximum atomic E-state index is 12.7. The zero-order valence-corrected chi connectivity index (χ0v) is 15.6. The second-order valence-corrected chi connectivity index (χ2v) is 9.18. The zero-order chi connectivity index (χ0) is 17.1. The zero-order valence-electron chi connectivity index (χ0n) is 14.8. The summed E-state index contributed by atoms with van der Waals surface area (Å²) in [7, 11) is 1.80. The fourth-order valence-electron chi connectivity index (χ4n) is 2.49. The molecule has 5 nitrogen and oxygen atoms in total. The molecule has 0 saturated carbocycles. The quantitative estimate of drug-likeness (QED) is 0.835. The van der Waals surface area contributed by atoms with Crippen LogP contribution in [0, 0.1) is 10.8 Å². The van der Waals surface area contributed by atoms with E-state index in [1.165, 1.54) is 0 Å². The molecule has 2 N–H and O–H groups in total. The lowest BCUT2D eigenvalue weighted by molar-refractivity contribution is -0.144. The van der Waals surface area contributed by atoms with Crippen LogP contribution in [0.5, 0.6) is 0 Å². The third-order valence-electron chi connectivity index (χ3n) is 3.76. The fourth-order valence-corrected chi connectivity index (χ4v) is 3.66. The normalized spacial score (nSPS) is 19.4. The van der Waals surface area contributed by atoms with Gasteiger partial charge in [0.15, 0.2) is 0 Å². The predicted octanol–water partition coefficient (Wildman–Crippen LogP) is 1.77. The molecule has 128 valence electrons. The number of hydrogen-bond acceptors (Lipinski definition) is 4. The van der Waals surface area contributed by atoms with E-state index in [9.17, 15) is 9.59 Å². The van der Waals surface area contributed by atoms with E-state index in [-0.39, 0.29) is 28.7 Å². The maximum absolute atomic E-state index is 12.7. The summed E-state index contributed by atoms with van der Waals surface area (Å²) >= 11 is 1.65. The van der Waals surface area contributed by atoms with Crippen molar-refractivity contribution in [3.8, 4) is 0 Å². The van der Waals surface area contributed by atoms with Crippen molar-refractivity contribution in [2.45, 2.75) is 47.1 Å². The molecule has 0 aromatic heterocycles. The van der Waals surface area contributed by atoms with E-state index in [2.05, 4.69) is 0 Å². The first-order valence-electron chi connectivity index (χ1n) is 7.79. The minimum atomic E-state index is -0.335. The average molecular weight is 330 g/mol. The standard InChI is InChI=1S/C16H31N3O2S/c1-15(2,3)7-13(20)19-11-22-8-12(19)14(21)18(6)10-16(4,5)9-17/h12H,7-11,17H2,1-6H3. The second-order valence-electron chi connectivity index (χ2n) is 8.18. The van der Waals surface area contributed by atoms with Crippen LogP contribution in [0.15, 0.2) is 0 Å². The highest BCUT2D eigenvalue weighted by molar-refractivity contribution is 7.99. The molecule has 1 atom stereocenters. The Balaban J connectivity index is 2.73. The predicted molar refractivity (Wildman–Crippen MR) is 92.5 cm³/mol. The van der Waals surface area contributed by atoms with Crippen molar-refractivity contribution in [3.63, 3.8) is 0 Å². The number of carbonyl (C=O) groups is 2. The fraction of sp³-hybridized carbons (Fsp3) is 0.875. The van der Waals surface area contributed by atoms with E-state index in [4.69, 9.17) is 5.73 Å². The van der Waals surface area contributed by atoms with E-state index in [0.29, 0.717) is 31.1 Å². The van der Waals surface area contributed by atoms with Crippen molar-refractivity contribution in [1.82, 2.24) is 9.80 Å². The molecule has 1 unspecified atom stereocenters.